The van der Waals surface area contributed by atoms with E-state index in [1.165, 1.54) is 14.2 Å². The van der Waals surface area contributed by atoms with Gasteiger partial charge in [0, 0.05) is 0 Å². The van der Waals surface area contributed by atoms with E-state index < -0.39 is 23.0 Å². The van der Waals surface area contributed by atoms with Crippen molar-refractivity contribution >= 4 is 23.2 Å². The zero-order valence-electron chi connectivity index (χ0n) is 15.0. The molecular weight excluding hydrogens is 360 g/mol. The lowest BCUT2D eigenvalue weighted by Crippen LogP contribution is -2.41. The SMILES string of the molecule is COc1ccc(N2C(=O)C(=C(C#N)C#N)C(=O)N2c2ccc(OC)cc2)cc1. The first-order valence-corrected chi connectivity index (χ1v) is 8.07. The van der Waals surface area contributed by atoms with Crippen LogP contribution in [0.2, 0.25) is 0 Å². The lowest BCUT2D eigenvalue weighted by molar-refractivity contribution is -0.116. The van der Waals surface area contributed by atoms with Crippen molar-refractivity contribution in [3.8, 4) is 23.6 Å². The van der Waals surface area contributed by atoms with Gasteiger partial charge in [0.2, 0.25) is 0 Å². The molecule has 8 nitrogen and oxygen atoms in total. The molecule has 0 unspecified atom stereocenters. The van der Waals surface area contributed by atoms with Crippen LogP contribution in [0.15, 0.2) is 59.7 Å². The first kappa shape index (κ1) is 18.5. The van der Waals surface area contributed by atoms with E-state index in [0.29, 0.717) is 22.9 Å². The van der Waals surface area contributed by atoms with Gasteiger partial charge in [0.15, 0.2) is 0 Å². The average molecular weight is 374 g/mol. The van der Waals surface area contributed by atoms with Gasteiger partial charge >= 0.3 is 0 Å². The first-order chi connectivity index (χ1) is 13.5. The fourth-order valence-corrected chi connectivity index (χ4v) is 2.75. The third kappa shape index (κ3) is 3.00. The normalized spacial score (nSPS) is 13.2. The van der Waals surface area contributed by atoms with Crippen LogP contribution in [0.3, 0.4) is 0 Å². The van der Waals surface area contributed by atoms with E-state index in [2.05, 4.69) is 0 Å². The quantitative estimate of drug-likeness (QED) is 0.462. The highest BCUT2D eigenvalue weighted by molar-refractivity contribution is 6.37. The fourth-order valence-electron chi connectivity index (χ4n) is 2.75. The maximum Gasteiger partial charge on any atom is 0.285 e. The van der Waals surface area contributed by atoms with Gasteiger partial charge in [-0.1, -0.05) is 0 Å². The predicted molar refractivity (Wildman–Crippen MR) is 99.2 cm³/mol. The Morgan fingerprint density at radius 2 is 1.11 bits per heavy atom. The van der Waals surface area contributed by atoms with Crippen LogP contribution in [0.1, 0.15) is 0 Å². The number of benzene rings is 2. The van der Waals surface area contributed by atoms with Crippen LogP contribution in [0, 0.1) is 22.7 Å². The van der Waals surface area contributed by atoms with E-state index in [9.17, 15) is 9.59 Å². The number of nitrogens with zero attached hydrogens (tertiary/aromatic N) is 4. The predicted octanol–water partition coefficient (Wildman–Crippen LogP) is 2.34. The van der Waals surface area contributed by atoms with E-state index in [1.807, 2.05) is 0 Å². The summed E-state index contributed by atoms with van der Waals surface area (Å²) >= 11 is 0. The van der Waals surface area contributed by atoms with Gasteiger partial charge in [-0.15, -0.1) is 0 Å². The summed E-state index contributed by atoms with van der Waals surface area (Å²) in [5.41, 5.74) is -0.262. The number of hydrogen-bond acceptors (Lipinski definition) is 6. The summed E-state index contributed by atoms with van der Waals surface area (Å²) in [5.74, 6) is -0.375. The standard InChI is InChI=1S/C20H14N4O4/c1-27-16-7-3-14(4-8-16)23-19(25)18(13(11-21)12-22)20(26)24(23)15-5-9-17(28-2)10-6-15/h3-10H,1-2H3. The van der Waals surface area contributed by atoms with E-state index in [0.717, 1.165) is 10.0 Å². The van der Waals surface area contributed by atoms with Crippen molar-refractivity contribution in [1.29, 1.82) is 10.5 Å². The average Bonchev–Trinajstić information content (AvgIpc) is 3.00. The number of hydrazine groups is 1. The topological polar surface area (TPSA) is 107 Å². The van der Waals surface area contributed by atoms with Crippen molar-refractivity contribution in [3.63, 3.8) is 0 Å². The Kier molecular flexibility index (Phi) is 4.97. The Morgan fingerprint density at radius 3 is 1.39 bits per heavy atom. The third-order valence-corrected chi connectivity index (χ3v) is 4.12. The molecule has 138 valence electrons. The Morgan fingerprint density at radius 1 is 0.750 bits per heavy atom. The molecule has 2 aromatic rings. The molecule has 0 radical (unpaired) electrons. The molecule has 8 heteroatoms. The molecule has 0 spiro atoms. The molecular formula is C20H14N4O4. The largest absolute Gasteiger partial charge is 0.497 e. The lowest BCUT2D eigenvalue weighted by Gasteiger charge is -2.27. The lowest BCUT2D eigenvalue weighted by atomic mass is 10.1. The van der Waals surface area contributed by atoms with E-state index >= 15 is 0 Å². The molecule has 0 bridgehead atoms. The van der Waals surface area contributed by atoms with Gasteiger partial charge in [-0.05, 0) is 48.5 Å². The minimum Gasteiger partial charge on any atom is -0.497 e. The minimum atomic E-state index is -0.760. The Bertz CT molecular complexity index is 960. The second-order valence-corrected chi connectivity index (χ2v) is 5.60. The number of nitriles is 2. The number of carbonyl (C=O) groups is 2. The number of carbonyl (C=O) groups excluding carboxylic acids is 2. The van der Waals surface area contributed by atoms with E-state index in [4.69, 9.17) is 20.0 Å². The number of rotatable bonds is 4. The number of methoxy groups -OCH3 is 2. The summed E-state index contributed by atoms with van der Waals surface area (Å²) in [6.07, 6.45) is 0. The van der Waals surface area contributed by atoms with Crippen molar-refractivity contribution in [2.75, 3.05) is 24.2 Å². The van der Waals surface area contributed by atoms with Gasteiger partial charge in [-0.3, -0.25) is 9.59 Å². The second kappa shape index (κ2) is 7.52. The molecule has 2 amide bonds. The van der Waals surface area contributed by atoms with Gasteiger partial charge in [0.1, 0.15) is 34.8 Å². The van der Waals surface area contributed by atoms with Gasteiger partial charge in [-0.25, -0.2) is 10.0 Å². The highest BCUT2D eigenvalue weighted by Crippen LogP contribution is 2.34. The first-order valence-electron chi connectivity index (χ1n) is 8.07. The highest BCUT2D eigenvalue weighted by atomic mass is 16.5. The Balaban J connectivity index is 2.17. The molecule has 1 heterocycles. The summed E-state index contributed by atoms with van der Waals surface area (Å²) in [5, 5.41) is 20.6. The van der Waals surface area contributed by atoms with Crippen molar-refractivity contribution in [3.05, 3.63) is 59.7 Å². The van der Waals surface area contributed by atoms with Gasteiger partial charge in [0.25, 0.3) is 11.8 Å². The van der Waals surface area contributed by atoms with E-state index in [-0.39, 0.29) is 0 Å². The van der Waals surface area contributed by atoms with Crippen LogP contribution in [-0.4, -0.2) is 26.0 Å². The maximum atomic E-state index is 13.0. The van der Waals surface area contributed by atoms with Crippen molar-refractivity contribution < 1.29 is 19.1 Å². The molecule has 3 rings (SSSR count). The molecule has 0 N–H and O–H groups in total. The molecule has 28 heavy (non-hydrogen) atoms. The molecule has 1 aliphatic rings. The van der Waals surface area contributed by atoms with Crippen molar-refractivity contribution in [2.24, 2.45) is 0 Å². The number of allylic oxidation sites excluding steroid dienone is 1. The van der Waals surface area contributed by atoms with Crippen LogP contribution in [0.25, 0.3) is 0 Å². The molecule has 0 saturated carbocycles. The van der Waals surface area contributed by atoms with Crippen molar-refractivity contribution in [1.82, 2.24) is 0 Å². The summed E-state index contributed by atoms with van der Waals surface area (Å²) in [4.78, 5) is 26.0. The zero-order valence-corrected chi connectivity index (χ0v) is 15.0. The Hall–Kier alpha value is -4.30. The monoisotopic (exact) mass is 374 g/mol. The van der Waals surface area contributed by atoms with Crippen LogP contribution in [0.4, 0.5) is 11.4 Å². The van der Waals surface area contributed by atoms with Crippen LogP contribution >= 0.6 is 0 Å². The van der Waals surface area contributed by atoms with Crippen LogP contribution < -0.4 is 19.5 Å². The van der Waals surface area contributed by atoms with Gasteiger partial charge in [0.05, 0.1) is 25.6 Å². The van der Waals surface area contributed by atoms with E-state index in [1.54, 1.807) is 60.7 Å². The number of hydrogen-bond donors (Lipinski definition) is 0. The highest BCUT2D eigenvalue weighted by Gasteiger charge is 2.45. The molecule has 0 aromatic heterocycles. The molecule has 1 fully saturated rings. The summed E-state index contributed by atoms with van der Waals surface area (Å²) in [7, 11) is 3.02. The Labute approximate surface area is 161 Å². The van der Waals surface area contributed by atoms with Crippen LogP contribution in [0.5, 0.6) is 11.5 Å². The second-order valence-electron chi connectivity index (χ2n) is 5.60. The van der Waals surface area contributed by atoms with Gasteiger partial charge < -0.3 is 9.47 Å². The summed E-state index contributed by atoms with van der Waals surface area (Å²) in [6, 6.07) is 16.2. The molecule has 1 saturated heterocycles. The van der Waals surface area contributed by atoms with Gasteiger partial charge in [-0.2, -0.15) is 10.5 Å². The smallest absolute Gasteiger partial charge is 0.285 e. The molecule has 0 atom stereocenters. The number of amides is 2. The van der Waals surface area contributed by atoms with Crippen molar-refractivity contribution in [2.45, 2.75) is 0 Å². The third-order valence-electron chi connectivity index (χ3n) is 4.12. The summed E-state index contributed by atoms with van der Waals surface area (Å²) in [6.45, 7) is 0. The summed E-state index contributed by atoms with van der Waals surface area (Å²) < 4.78 is 10.2. The van der Waals surface area contributed by atoms with Crippen LogP contribution in [-0.2, 0) is 9.59 Å². The number of anilines is 2. The minimum absolute atomic E-state index is 0.375. The molecule has 1 aliphatic heterocycles. The fraction of sp³-hybridized carbons (Fsp3) is 0.100. The maximum absolute atomic E-state index is 13.0. The molecule has 0 aliphatic carbocycles. The number of ether oxygens (including phenoxy) is 2. The zero-order chi connectivity index (χ0) is 20.3. The molecule has 2 aromatic carbocycles.